The number of ether oxygens (including phenoxy) is 1. The maximum absolute atomic E-state index is 12.6. The van der Waals surface area contributed by atoms with E-state index in [9.17, 15) is 4.79 Å². The third-order valence-corrected chi connectivity index (χ3v) is 6.26. The summed E-state index contributed by atoms with van der Waals surface area (Å²) in [7, 11) is 0. The summed E-state index contributed by atoms with van der Waals surface area (Å²) in [5.74, 6) is 0.112. The Labute approximate surface area is 183 Å². The molecule has 0 saturated carbocycles. The lowest BCUT2D eigenvalue weighted by molar-refractivity contribution is 0.0527. The zero-order valence-corrected chi connectivity index (χ0v) is 18.6. The van der Waals surface area contributed by atoms with Crippen molar-refractivity contribution >= 4 is 54.5 Å². The number of halogens is 2. The first-order chi connectivity index (χ1) is 13.9. The molecule has 0 spiro atoms. The van der Waals surface area contributed by atoms with Gasteiger partial charge in [-0.25, -0.2) is 4.79 Å². The van der Waals surface area contributed by atoms with E-state index >= 15 is 0 Å². The number of carbonyl (C=O) groups is 1. The van der Waals surface area contributed by atoms with Gasteiger partial charge in [-0.2, -0.15) is 0 Å². The minimum Gasteiger partial charge on any atom is -0.462 e. The van der Waals surface area contributed by atoms with Crippen molar-refractivity contribution in [3.8, 4) is 22.5 Å². The van der Waals surface area contributed by atoms with Gasteiger partial charge in [-0.1, -0.05) is 18.2 Å². The molecule has 0 unspecified atom stereocenters. The number of anilines is 1. The summed E-state index contributed by atoms with van der Waals surface area (Å²) in [4.78, 5) is 12.6. The second-order valence-electron chi connectivity index (χ2n) is 6.39. The Morgan fingerprint density at radius 3 is 2.59 bits per heavy atom. The molecule has 4 rings (SSSR count). The molecule has 2 aliphatic rings. The van der Waals surface area contributed by atoms with E-state index in [1.54, 1.807) is 31.2 Å². The van der Waals surface area contributed by atoms with Gasteiger partial charge in [-0.15, -0.1) is 0 Å². The minimum atomic E-state index is -0.393. The molecule has 0 amide bonds. The molecule has 1 heterocycles. The lowest BCUT2D eigenvalue weighted by Crippen LogP contribution is -2.08. The van der Waals surface area contributed by atoms with E-state index in [0.29, 0.717) is 36.9 Å². The molecule has 0 atom stereocenters. The fourth-order valence-electron chi connectivity index (χ4n) is 3.35. The first kappa shape index (κ1) is 19.7. The van der Waals surface area contributed by atoms with Gasteiger partial charge < -0.3 is 14.9 Å². The largest absolute Gasteiger partial charge is 0.462 e. The molecule has 3 N–H and O–H groups in total. The van der Waals surface area contributed by atoms with E-state index < -0.39 is 5.97 Å². The van der Waals surface area contributed by atoms with Crippen molar-refractivity contribution < 1.29 is 13.9 Å². The zero-order valence-electron chi connectivity index (χ0n) is 15.4. The molecule has 5 nitrogen and oxygen atoms in total. The Bertz CT molecular complexity index is 1300. The summed E-state index contributed by atoms with van der Waals surface area (Å²) >= 11 is 6.99. The highest BCUT2D eigenvalue weighted by Gasteiger charge is 2.24. The standard InChI is InChI=1S/C22H16Br2N2O3/c1-2-28-22(27)12-6-4-3-5-11(12)17-13-7-9-15(25)18(23)20(13)29-21-14(17)8-10-16(26)19(21)24/h3-10,25H,2,26H2,1H3. The summed E-state index contributed by atoms with van der Waals surface area (Å²) in [6.45, 7) is 2.06. The summed E-state index contributed by atoms with van der Waals surface area (Å²) in [5, 5.41) is 9.22. The summed E-state index contributed by atoms with van der Waals surface area (Å²) in [6.07, 6.45) is 0. The Morgan fingerprint density at radius 2 is 1.83 bits per heavy atom. The van der Waals surface area contributed by atoms with Gasteiger partial charge in [-0.3, -0.25) is 5.41 Å². The highest BCUT2D eigenvalue weighted by molar-refractivity contribution is 9.11. The fraction of sp³-hybridized carbons (Fsp3) is 0.0909. The summed E-state index contributed by atoms with van der Waals surface area (Å²) < 4.78 is 12.6. The molecule has 2 aromatic rings. The quantitative estimate of drug-likeness (QED) is 0.200. The minimum absolute atomic E-state index is 0.286. The highest BCUT2D eigenvalue weighted by Crippen LogP contribution is 2.45. The number of nitrogens with two attached hydrogens (primary N) is 1. The van der Waals surface area contributed by atoms with Crippen LogP contribution >= 0.6 is 31.9 Å². The van der Waals surface area contributed by atoms with Crippen LogP contribution in [0.5, 0.6) is 0 Å². The van der Waals surface area contributed by atoms with Gasteiger partial charge in [0.2, 0.25) is 0 Å². The van der Waals surface area contributed by atoms with Crippen LogP contribution in [-0.2, 0) is 4.74 Å². The average Bonchev–Trinajstić information content (AvgIpc) is 2.72. The lowest BCUT2D eigenvalue weighted by atomic mass is 9.90. The molecule has 1 aliphatic heterocycles. The predicted molar refractivity (Wildman–Crippen MR) is 120 cm³/mol. The van der Waals surface area contributed by atoms with Crippen molar-refractivity contribution in [1.29, 1.82) is 5.41 Å². The molecule has 0 radical (unpaired) electrons. The van der Waals surface area contributed by atoms with Gasteiger partial charge in [0.1, 0.15) is 0 Å². The topological polar surface area (TPSA) is 89.3 Å². The number of rotatable bonds is 3. The van der Waals surface area contributed by atoms with Crippen molar-refractivity contribution in [2.75, 3.05) is 12.3 Å². The van der Waals surface area contributed by atoms with Crippen LogP contribution in [0.25, 0.3) is 33.4 Å². The number of esters is 1. The van der Waals surface area contributed by atoms with Gasteiger partial charge in [0.15, 0.2) is 11.3 Å². The summed E-state index contributed by atoms with van der Waals surface area (Å²) in [6, 6.07) is 14.5. The van der Waals surface area contributed by atoms with Gasteiger partial charge in [-0.05, 0) is 74.7 Å². The van der Waals surface area contributed by atoms with Gasteiger partial charge >= 0.3 is 5.97 Å². The molecule has 2 aromatic carbocycles. The fourth-order valence-corrected chi connectivity index (χ4v) is 4.20. The number of fused-ring (bicyclic) bond motifs is 2. The molecule has 29 heavy (non-hydrogen) atoms. The molecular formula is C22H16Br2N2O3. The molecule has 146 valence electrons. The second kappa shape index (κ2) is 7.65. The Morgan fingerprint density at radius 1 is 1.07 bits per heavy atom. The third kappa shape index (κ3) is 3.24. The van der Waals surface area contributed by atoms with E-state index in [1.165, 1.54) is 0 Å². The molecule has 0 fully saturated rings. The van der Waals surface area contributed by atoms with Gasteiger partial charge in [0.25, 0.3) is 0 Å². The van der Waals surface area contributed by atoms with Crippen LogP contribution in [-0.4, -0.2) is 12.6 Å². The van der Waals surface area contributed by atoms with Crippen molar-refractivity contribution in [1.82, 2.24) is 0 Å². The summed E-state index contributed by atoms with van der Waals surface area (Å²) in [5.41, 5.74) is 9.91. The number of hydrogen-bond acceptors (Lipinski definition) is 5. The van der Waals surface area contributed by atoms with Crippen LogP contribution in [0.3, 0.4) is 0 Å². The molecule has 1 aliphatic carbocycles. The molecule has 0 aromatic heterocycles. The van der Waals surface area contributed by atoms with Gasteiger partial charge in [0, 0.05) is 22.2 Å². The van der Waals surface area contributed by atoms with Crippen LogP contribution in [0.1, 0.15) is 17.3 Å². The molecule has 7 heteroatoms. The van der Waals surface area contributed by atoms with Crippen molar-refractivity contribution in [2.45, 2.75) is 6.92 Å². The van der Waals surface area contributed by atoms with Crippen molar-refractivity contribution in [2.24, 2.45) is 0 Å². The van der Waals surface area contributed by atoms with Crippen LogP contribution in [0.15, 0.2) is 61.9 Å². The van der Waals surface area contributed by atoms with E-state index in [0.717, 1.165) is 22.1 Å². The molecular weight excluding hydrogens is 500 g/mol. The first-order valence-electron chi connectivity index (χ1n) is 8.88. The molecule has 0 bridgehead atoms. The number of nitrogen functional groups attached to an aromatic ring is 1. The lowest BCUT2D eigenvalue weighted by Gasteiger charge is -2.19. The smallest absolute Gasteiger partial charge is 0.338 e. The van der Waals surface area contributed by atoms with E-state index in [4.69, 9.17) is 20.3 Å². The Kier molecular flexibility index (Phi) is 5.19. The van der Waals surface area contributed by atoms with E-state index in [2.05, 4.69) is 31.9 Å². The van der Waals surface area contributed by atoms with Crippen molar-refractivity contribution in [3.05, 3.63) is 68.4 Å². The van der Waals surface area contributed by atoms with E-state index in [1.807, 2.05) is 24.3 Å². The monoisotopic (exact) mass is 514 g/mol. The van der Waals surface area contributed by atoms with Crippen LogP contribution in [0.2, 0.25) is 0 Å². The molecule has 0 saturated heterocycles. The predicted octanol–water partition coefficient (Wildman–Crippen LogP) is 5.97. The second-order valence-corrected chi connectivity index (χ2v) is 7.98. The number of nitrogens with one attached hydrogen (secondary N) is 1. The third-order valence-electron chi connectivity index (χ3n) is 4.66. The van der Waals surface area contributed by atoms with Gasteiger partial charge in [0.05, 0.1) is 26.5 Å². The van der Waals surface area contributed by atoms with E-state index in [-0.39, 0.29) is 6.61 Å². The Balaban J connectivity index is 2.20. The Hall–Kier alpha value is -2.64. The maximum Gasteiger partial charge on any atom is 0.338 e. The SMILES string of the molecule is CCOC(=O)c1ccccc1-c1c2ccc(=N)c(Br)c-2oc2c(Br)c(N)ccc12. The normalized spacial score (nSPS) is 11.1. The number of carbonyl (C=O) groups excluding carboxylic acids is 1. The van der Waals surface area contributed by atoms with Crippen LogP contribution < -0.4 is 11.1 Å². The number of benzene rings is 3. The van der Waals surface area contributed by atoms with Crippen molar-refractivity contribution in [3.63, 3.8) is 0 Å². The van der Waals surface area contributed by atoms with Crippen LogP contribution in [0, 0.1) is 5.41 Å². The first-order valence-corrected chi connectivity index (χ1v) is 10.5. The number of hydrogen-bond donors (Lipinski definition) is 2. The zero-order chi connectivity index (χ0) is 20.7. The average molecular weight is 516 g/mol. The van der Waals surface area contributed by atoms with Crippen LogP contribution in [0.4, 0.5) is 5.69 Å². The maximum atomic E-state index is 12.6. The highest BCUT2D eigenvalue weighted by atomic mass is 79.9.